The van der Waals surface area contributed by atoms with Crippen LogP contribution in [0.15, 0.2) is 48.5 Å². The molecule has 2 aromatic carbocycles. The first-order valence-electron chi connectivity index (χ1n) is 10.1. The fourth-order valence-corrected chi connectivity index (χ4v) is 4.45. The van der Waals surface area contributed by atoms with Gasteiger partial charge in [-0.15, -0.1) is 0 Å². The predicted molar refractivity (Wildman–Crippen MR) is 117 cm³/mol. The van der Waals surface area contributed by atoms with Crippen molar-refractivity contribution in [2.45, 2.75) is 44.6 Å². The van der Waals surface area contributed by atoms with Gasteiger partial charge in [0.15, 0.2) is 0 Å². The topological polar surface area (TPSA) is 65.1 Å². The summed E-state index contributed by atoms with van der Waals surface area (Å²) < 4.78 is 16.3. The van der Waals surface area contributed by atoms with E-state index in [1.165, 1.54) is 0 Å². The number of rotatable bonds is 7. The Bertz CT molecular complexity index is 842. The average Bonchev–Trinajstić information content (AvgIpc) is 3.09. The van der Waals surface area contributed by atoms with Crippen LogP contribution in [0.5, 0.6) is 11.5 Å². The Morgan fingerprint density at radius 1 is 0.933 bits per heavy atom. The van der Waals surface area contributed by atoms with E-state index in [-0.39, 0.29) is 11.9 Å². The van der Waals surface area contributed by atoms with E-state index in [4.69, 9.17) is 13.9 Å². The van der Waals surface area contributed by atoms with Crippen molar-refractivity contribution in [3.05, 3.63) is 59.7 Å². The van der Waals surface area contributed by atoms with Gasteiger partial charge in [0.25, 0.3) is 0 Å². The molecule has 6 nitrogen and oxygen atoms in total. The van der Waals surface area contributed by atoms with Crippen molar-refractivity contribution in [2.75, 3.05) is 14.2 Å². The van der Waals surface area contributed by atoms with Crippen LogP contribution in [0.2, 0.25) is 19.6 Å². The SMILES string of the molecule is COc1ccc(C(c2ccc(OC)cc2)N2C(=O)CCC2C(=O)O[Si](C)(C)C)cc1. The second-order valence-corrected chi connectivity index (χ2v) is 12.8. The summed E-state index contributed by atoms with van der Waals surface area (Å²) in [7, 11) is 1.15. The number of hydrogen-bond donors (Lipinski definition) is 0. The van der Waals surface area contributed by atoms with Gasteiger partial charge in [-0.25, -0.2) is 0 Å². The molecule has 0 aromatic heterocycles. The van der Waals surface area contributed by atoms with Crippen molar-refractivity contribution in [3.8, 4) is 11.5 Å². The number of likely N-dealkylation sites (tertiary alicyclic amines) is 1. The van der Waals surface area contributed by atoms with Gasteiger partial charge in [-0.1, -0.05) is 24.3 Å². The molecule has 2 aromatic rings. The molecule has 0 radical (unpaired) electrons. The van der Waals surface area contributed by atoms with Gasteiger partial charge < -0.3 is 18.8 Å². The number of hydrogen-bond acceptors (Lipinski definition) is 5. The van der Waals surface area contributed by atoms with Gasteiger partial charge >= 0.3 is 5.97 Å². The summed E-state index contributed by atoms with van der Waals surface area (Å²) in [5.74, 6) is 1.10. The second kappa shape index (κ2) is 8.91. The van der Waals surface area contributed by atoms with E-state index in [9.17, 15) is 9.59 Å². The summed E-state index contributed by atoms with van der Waals surface area (Å²) in [5, 5.41) is 0. The van der Waals surface area contributed by atoms with Gasteiger partial charge in [-0.2, -0.15) is 0 Å². The van der Waals surface area contributed by atoms with Gasteiger partial charge in [0.1, 0.15) is 17.5 Å². The minimum absolute atomic E-state index is 0.0517. The summed E-state index contributed by atoms with van der Waals surface area (Å²) in [6, 6.07) is 14.2. The van der Waals surface area contributed by atoms with E-state index in [0.29, 0.717) is 12.8 Å². The van der Waals surface area contributed by atoms with Crippen molar-refractivity contribution in [2.24, 2.45) is 0 Å². The third-order valence-electron chi connectivity index (χ3n) is 5.08. The molecule has 0 spiro atoms. The van der Waals surface area contributed by atoms with Gasteiger partial charge in [0, 0.05) is 6.42 Å². The first-order chi connectivity index (χ1) is 14.2. The van der Waals surface area contributed by atoms with Crippen LogP contribution in [0.1, 0.15) is 30.0 Å². The lowest BCUT2D eigenvalue weighted by Gasteiger charge is -2.34. The zero-order valence-electron chi connectivity index (χ0n) is 18.2. The van der Waals surface area contributed by atoms with E-state index in [0.717, 1.165) is 22.6 Å². The van der Waals surface area contributed by atoms with Crippen molar-refractivity contribution >= 4 is 20.2 Å². The van der Waals surface area contributed by atoms with E-state index in [2.05, 4.69) is 0 Å². The molecule has 1 fully saturated rings. The molecule has 160 valence electrons. The molecule has 1 saturated heterocycles. The maximum absolute atomic E-state index is 13.0. The first kappa shape index (κ1) is 21.9. The quantitative estimate of drug-likeness (QED) is 0.621. The third-order valence-corrected chi connectivity index (χ3v) is 5.89. The zero-order chi connectivity index (χ0) is 21.9. The van der Waals surface area contributed by atoms with Crippen LogP contribution in [0.25, 0.3) is 0 Å². The highest BCUT2D eigenvalue weighted by Gasteiger charge is 2.43. The predicted octanol–water partition coefficient (Wildman–Crippen LogP) is 4.16. The summed E-state index contributed by atoms with van der Waals surface area (Å²) in [4.78, 5) is 27.6. The van der Waals surface area contributed by atoms with Crippen molar-refractivity contribution in [1.82, 2.24) is 4.90 Å². The highest BCUT2D eigenvalue weighted by atomic mass is 28.4. The summed E-state index contributed by atoms with van der Waals surface area (Å²) in [6.45, 7) is 5.91. The van der Waals surface area contributed by atoms with E-state index >= 15 is 0 Å². The van der Waals surface area contributed by atoms with Crippen molar-refractivity contribution < 1.29 is 23.5 Å². The molecule has 30 heavy (non-hydrogen) atoms. The van der Waals surface area contributed by atoms with Gasteiger partial charge in [-0.05, 0) is 61.5 Å². The Balaban J connectivity index is 2.04. The highest BCUT2D eigenvalue weighted by molar-refractivity contribution is 6.71. The molecule has 3 rings (SSSR count). The van der Waals surface area contributed by atoms with Gasteiger partial charge in [0.2, 0.25) is 14.2 Å². The molecule has 1 aliphatic rings. The first-order valence-corrected chi connectivity index (χ1v) is 13.5. The lowest BCUT2D eigenvalue weighted by atomic mass is 9.96. The molecule has 1 aliphatic heterocycles. The second-order valence-electron chi connectivity index (χ2n) is 8.34. The Labute approximate surface area is 178 Å². The molecule has 0 bridgehead atoms. The molecular weight excluding hydrogens is 398 g/mol. The number of carbonyl (C=O) groups excluding carboxylic acids is 2. The molecule has 1 unspecified atom stereocenters. The number of carbonyl (C=O) groups is 2. The van der Waals surface area contributed by atoms with E-state index in [1.54, 1.807) is 19.1 Å². The average molecular weight is 428 g/mol. The van der Waals surface area contributed by atoms with Crippen LogP contribution in [-0.4, -0.2) is 45.4 Å². The van der Waals surface area contributed by atoms with Crippen molar-refractivity contribution in [1.29, 1.82) is 0 Å². The minimum Gasteiger partial charge on any atom is -0.518 e. The zero-order valence-corrected chi connectivity index (χ0v) is 19.2. The monoisotopic (exact) mass is 427 g/mol. The Hall–Kier alpha value is -2.80. The fourth-order valence-electron chi connectivity index (χ4n) is 3.71. The number of benzene rings is 2. The Morgan fingerprint density at radius 3 is 1.80 bits per heavy atom. The molecule has 0 saturated carbocycles. The standard InChI is InChI=1S/C23H29NO5Si/c1-27-18-10-6-16(7-11-18)22(17-8-12-19(28-2)13-9-17)24-20(14-15-21(24)25)23(26)29-30(3,4)5/h6-13,20,22H,14-15H2,1-5H3. The summed E-state index contributed by atoms with van der Waals surface area (Å²) >= 11 is 0. The fraction of sp³-hybridized carbons (Fsp3) is 0.391. The third kappa shape index (κ3) is 4.84. The number of ether oxygens (including phenoxy) is 2. The van der Waals surface area contributed by atoms with E-state index in [1.807, 2.05) is 68.2 Å². The smallest absolute Gasteiger partial charge is 0.315 e. The molecule has 7 heteroatoms. The maximum atomic E-state index is 13.0. The van der Waals surface area contributed by atoms with Crippen LogP contribution in [0.4, 0.5) is 0 Å². The highest BCUT2D eigenvalue weighted by Crippen LogP contribution is 2.37. The van der Waals surface area contributed by atoms with Crippen LogP contribution in [-0.2, 0) is 14.0 Å². The molecule has 1 heterocycles. The number of methoxy groups -OCH3 is 2. The Kier molecular flexibility index (Phi) is 6.51. The normalized spacial score (nSPS) is 16.7. The summed E-state index contributed by atoms with van der Waals surface area (Å²) in [6.07, 6.45) is 0.791. The van der Waals surface area contributed by atoms with Crippen LogP contribution >= 0.6 is 0 Å². The molecule has 0 aliphatic carbocycles. The largest absolute Gasteiger partial charge is 0.518 e. The van der Waals surface area contributed by atoms with Crippen LogP contribution in [0.3, 0.4) is 0 Å². The van der Waals surface area contributed by atoms with Crippen LogP contribution in [0, 0.1) is 0 Å². The van der Waals surface area contributed by atoms with Gasteiger partial charge in [-0.3, -0.25) is 9.59 Å². The minimum atomic E-state index is -2.08. The van der Waals surface area contributed by atoms with E-state index < -0.39 is 20.4 Å². The van der Waals surface area contributed by atoms with Crippen LogP contribution < -0.4 is 9.47 Å². The lowest BCUT2D eigenvalue weighted by Crippen LogP contribution is -2.45. The molecule has 0 N–H and O–H groups in total. The lowest BCUT2D eigenvalue weighted by molar-refractivity contribution is -0.145. The number of nitrogens with zero attached hydrogens (tertiary/aromatic N) is 1. The number of amides is 1. The maximum Gasteiger partial charge on any atom is 0.315 e. The summed E-state index contributed by atoms with van der Waals surface area (Å²) in [5.41, 5.74) is 1.81. The molecule has 1 amide bonds. The van der Waals surface area contributed by atoms with Gasteiger partial charge in [0.05, 0.1) is 20.3 Å². The Morgan fingerprint density at radius 2 is 1.40 bits per heavy atom. The molecule has 1 atom stereocenters. The molecular formula is C23H29NO5Si. The van der Waals surface area contributed by atoms with Crippen molar-refractivity contribution in [3.63, 3.8) is 0 Å².